The van der Waals surface area contributed by atoms with Gasteiger partial charge in [0.05, 0.1) is 11.6 Å². The lowest BCUT2D eigenvalue weighted by Crippen LogP contribution is -2.30. The smallest absolute Gasteiger partial charge is 0.323 e. The molecule has 6 nitrogen and oxygen atoms in total. The van der Waals surface area contributed by atoms with Gasteiger partial charge in [-0.3, -0.25) is 4.79 Å². The minimum Gasteiger partial charge on any atom is -0.371 e. The Labute approximate surface area is 201 Å². The number of hydrogen-bond acceptors (Lipinski definition) is 3. The first-order valence-corrected chi connectivity index (χ1v) is 11.8. The Morgan fingerprint density at radius 1 is 0.882 bits per heavy atom. The van der Waals surface area contributed by atoms with Crippen LogP contribution in [-0.4, -0.2) is 25.0 Å². The molecule has 34 heavy (non-hydrogen) atoms. The fourth-order valence-corrected chi connectivity index (χ4v) is 4.30. The Bertz CT molecular complexity index is 1170. The van der Waals surface area contributed by atoms with Crippen molar-refractivity contribution < 1.29 is 9.59 Å². The summed E-state index contributed by atoms with van der Waals surface area (Å²) in [6.07, 6.45) is 2.22. The molecule has 1 unspecified atom stereocenters. The summed E-state index contributed by atoms with van der Waals surface area (Å²) in [4.78, 5) is 28.3. The van der Waals surface area contributed by atoms with Crippen LogP contribution in [0.1, 0.15) is 52.9 Å². The summed E-state index contributed by atoms with van der Waals surface area (Å²) in [5.41, 5.74) is 5.98. The monoisotopic (exact) mass is 456 g/mol. The van der Waals surface area contributed by atoms with Crippen molar-refractivity contribution in [2.45, 2.75) is 39.7 Å². The molecule has 4 rings (SSSR count). The number of nitrogens with one attached hydrogen (secondary N) is 3. The number of aryl methyl sites for hydroxylation is 1. The Morgan fingerprint density at radius 3 is 2.35 bits per heavy atom. The Morgan fingerprint density at radius 2 is 1.62 bits per heavy atom. The van der Waals surface area contributed by atoms with Gasteiger partial charge in [-0.05, 0) is 74.6 Å². The summed E-state index contributed by atoms with van der Waals surface area (Å²) in [5, 5.41) is 8.91. The Balaban J connectivity index is 1.54. The van der Waals surface area contributed by atoms with E-state index < -0.39 is 0 Å². The maximum absolute atomic E-state index is 13.4. The average Bonchev–Trinajstić information content (AvgIpc) is 3.37. The van der Waals surface area contributed by atoms with Gasteiger partial charge in [0, 0.05) is 30.2 Å². The van der Waals surface area contributed by atoms with Crippen LogP contribution in [0.4, 0.5) is 21.9 Å². The van der Waals surface area contributed by atoms with Crippen molar-refractivity contribution in [1.82, 2.24) is 5.32 Å². The molecular formula is C28H32N4O2. The first-order valence-electron chi connectivity index (χ1n) is 11.8. The van der Waals surface area contributed by atoms with E-state index in [1.807, 2.05) is 81.4 Å². The molecule has 0 saturated carbocycles. The SMILES string of the molecule is Cc1cccc(NC(=O)Nc2ccc(N3CCCC3)c(C(=O)NC(C)c3ccccc3)c2)c1C. The number of hydrogen-bond donors (Lipinski definition) is 3. The molecule has 0 radical (unpaired) electrons. The first kappa shape index (κ1) is 23.4. The molecule has 1 aliphatic rings. The van der Waals surface area contributed by atoms with Gasteiger partial charge in [-0.1, -0.05) is 42.5 Å². The molecule has 1 fully saturated rings. The van der Waals surface area contributed by atoms with E-state index in [2.05, 4.69) is 20.9 Å². The molecule has 3 amide bonds. The lowest BCUT2D eigenvalue weighted by Gasteiger charge is -2.23. The number of carbonyl (C=O) groups excluding carboxylic acids is 2. The standard InChI is InChI=1S/C28H32N4O2/c1-19-10-9-13-25(20(19)2)31-28(34)30-23-14-15-26(32-16-7-8-17-32)24(18-23)27(33)29-21(3)22-11-5-4-6-12-22/h4-6,9-15,18,21H,7-8,16-17H2,1-3H3,(H,29,33)(H2,30,31,34). The molecule has 3 aromatic carbocycles. The van der Waals surface area contributed by atoms with Gasteiger partial charge in [0.15, 0.2) is 0 Å². The summed E-state index contributed by atoms with van der Waals surface area (Å²) in [5.74, 6) is -0.156. The molecule has 3 N–H and O–H groups in total. The largest absolute Gasteiger partial charge is 0.371 e. The number of rotatable bonds is 6. The van der Waals surface area contributed by atoms with Gasteiger partial charge in [0.1, 0.15) is 0 Å². The van der Waals surface area contributed by atoms with Crippen LogP contribution in [0.15, 0.2) is 66.7 Å². The molecule has 3 aromatic rings. The number of amides is 3. The van der Waals surface area contributed by atoms with E-state index in [1.165, 1.54) is 0 Å². The van der Waals surface area contributed by atoms with Crippen LogP contribution in [0.3, 0.4) is 0 Å². The fourth-order valence-electron chi connectivity index (χ4n) is 4.30. The highest BCUT2D eigenvalue weighted by atomic mass is 16.2. The molecule has 1 saturated heterocycles. The number of carbonyl (C=O) groups is 2. The van der Waals surface area contributed by atoms with E-state index >= 15 is 0 Å². The average molecular weight is 457 g/mol. The maximum atomic E-state index is 13.4. The van der Waals surface area contributed by atoms with Gasteiger partial charge in [-0.15, -0.1) is 0 Å². The number of nitrogens with zero attached hydrogens (tertiary/aromatic N) is 1. The minimum absolute atomic E-state index is 0.135. The van der Waals surface area contributed by atoms with Gasteiger partial charge in [-0.25, -0.2) is 4.79 Å². The molecule has 0 bridgehead atoms. The fraction of sp³-hybridized carbons (Fsp3) is 0.286. The summed E-state index contributed by atoms with van der Waals surface area (Å²) >= 11 is 0. The van der Waals surface area contributed by atoms with E-state index in [1.54, 1.807) is 6.07 Å². The van der Waals surface area contributed by atoms with Crippen LogP contribution in [-0.2, 0) is 0 Å². The predicted octanol–water partition coefficient (Wildman–Crippen LogP) is 6.04. The lowest BCUT2D eigenvalue weighted by atomic mass is 10.1. The number of urea groups is 1. The van der Waals surface area contributed by atoms with Gasteiger partial charge in [0.2, 0.25) is 0 Å². The van der Waals surface area contributed by atoms with Crippen LogP contribution >= 0.6 is 0 Å². The quantitative estimate of drug-likeness (QED) is 0.423. The predicted molar refractivity (Wildman–Crippen MR) is 139 cm³/mol. The highest BCUT2D eigenvalue weighted by Crippen LogP contribution is 2.28. The zero-order chi connectivity index (χ0) is 24.1. The van der Waals surface area contributed by atoms with E-state index in [0.29, 0.717) is 11.3 Å². The van der Waals surface area contributed by atoms with E-state index in [9.17, 15) is 9.59 Å². The molecule has 0 aromatic heterocycles. The third-order valence-electron chi connectivity index (χ3n) is 6.45. The number of anilines is 3. The van der Waals surface area contributed by atoms with Crippen molar-refractivity contribution in [3.8, 4) is 0 Å². The van der Waals surface area contributed by atoms with Crippen molar-refractivity contribution in [1.29, 1.82) is 0 Å². The third kappa shape index (κ3) is 5.39. The second-order valence-electron chi connectivity index (χ2n) is 8.86. The van der Waals surface area contributed by atoms with Gasteiger partial charge in [0.25, 0.3) is 5.91 Å². The van der Waals surface area contributed by atoms with Gasteiger partial charge >= 0.3 is 6.03 Å². The molecule has 6 heteroatoms. The normalized spacial score (nSPS) is 13.9. The zero-order valence-electron chi connectivity index (χ0n) is 20.0. The molecule has 0 spiro atoms. The Kier molecular flexibility index (Phi) is 7.16. The summed E-state index contributed by atoms with van der Waals surface area (Å²) < 4.78 is 0. The van der Waals surface area contributed by atoms with Crippen molar-refractivity contribution in [2.75, 3.05) is 28.6 Å². The molecule has 1 aliphatic heterocycles. The second kappa shape index (κ2) is 10.4. The van der Waals surface area contributed by atoms with Crippen LogP contribution in [0.25, 0.3) is 0 Å². The molecule has 176 valence electrons. The summed E-state index contributed by atoms with van der Waals surface area (Å²) in [7, 11) is 0. The minimum atomic E-state index is -0.341. The molecule has 0 aliphatic carbocycles. The van der Waals surface area contributed by atoms with E-state index in [4.69, 9.17) is 0 Å². The highest BCUT2D eigenvalue weighted by molar-refractivity contribution is 6.04. The molecule has 1 atom stereocenters. The van der Waals surface area contributed by atoms with E-state index in [0.717, 1.165) is 54.0 Å². The number of benzene rings is 3. The summed E-state index contributed by atoms with van der Waals surface area (Å²) in [6.45, 7) is 7.81. The van der Waals surface area contributed by atoms with Gasteiger partial charge < -0.3 is 20.9 Å². The van der Waals surface area contributed by atoms with Crippen LogP contribution in [0.2, 0.25) is 0 Å². The van der Waals surface area contributed by atoms with Crippen LogP contribution < -0.4 is 20.9 Å². The molecular weight excluding hydrogens is 424 g/mol. The Hall–Kier alpha value is -3.80. The van der Waals surface area contributed by atoms with Crippen LogP contribution in [0.5, 0.6) is 0 Å². The molecule has 1 heterocycles. The van der Waals surface area contributed by atoms with Gasteiger partial charge in [-0.2, -0.15) is 0 Å². The van der Waals surface area contributed by atoms with Crippen molar-refractivity contribution in [3.05, 3.63) is 89.0 Å². The van der Waals surface area contributed by atoms with Crippen LogP contribution in [0, 0.1) is 13.8 Å². The lowest BCUT2D eigenvalue weighted by molar-refractivity contribution is 0.0940. The van der Waals surface area contributed by atoms with Crippen molar-refractivity contribution in [2.24, 2.45) is 0 Å². The highest BCUT2D eigenvalue weighted by Gasteiger charge is 2.22. The second-order valence-corrected chi connectivity index (χ2v) is 8.86. The zero-order valence-corrected chi connectivity index (χ0v) is 20.0. The maximum Gasteiger partial charge on any atom is 0.323 e. The summed E-state index contributed by atoms with van der Waals surface area (Å²) in [6, 6.07) is 20.8. The topological polar surface area (TPSA) is 73.5 Å². The van der Waals surface area contributed by atoms with Crippen molar-refractivity contribution >= 4 is 29.0 Å². The van der Waals surface area contributed by atoms with Crippen molar-refractivity contribution in [3.63, 3.8) is 0 Å². The third-order valence-corrected chi connectivity index (χ3v) is 6.45. The first-order chi connectivity index (χ1) is 16.4. The van der Waals surface area contributed by atoms with E-state index in [-0.39, 0.29) is 18.0 Å².